The van der Waals surface area contributed by atoms with E-state index in [0.717, 1.165) is 34.3 Å². The van der Waals surface area contributed by atoms with Crippen molar-refractivity contribution in [2.45, 2.75) is 32.6 Å². The van der Waals surface area contributed by atoms with E-state index in [1.807, 2.05) is 12.4 Å². The zero-order valence-electron chi connectivity index (χ0n) is 33.9. The largest absolute Gasteiger partial charge is 0.309 e. The van der Waals surface area contributed by atoms with Crippen LogP contribution in [-0.4, -0.2) is 19.1 Å². The molecule has 0 saturated heterocycles. The van der Waals surface area contributed by atoms with Gasteiger partial charge in [0.1, 0.15) is 0 Å². The van der Waals surface area contributed by atoms with Gasteiger partial charge in [-0.3, -0.25) is 4.57 Å². The lowest BCUT2D eigenvalue weighted by molar-refractivity contribution is 0.646. The molecule has 0 bridgehead atoms. The molecule has 0 spiro atoms. The standard InChI is InChI=1S/C56H42N4/c1-35-28-46-42-25-22-39(31-49(42)56(2,3)50(46)32-45(35)36-14-6-4-7-15-36)40-33-57-55(58-34-40)60-52-21-13-11-19-44(52)48-30-38(24-27-54(48)60)37-23-26-53-47(29-37)43-18-10-12-20-51(43)59(53)41-16-8-5-9-17-41/h4-27,29-35H,28H2,1-3H3. The lowest BCUT2D eigenvalue weighted by atomic mass is 9.75. The Bertz CT molecular complexity index is 3420. The third-order valence-corrected chi connectivity index (χ3v) is 13.3. The summed E-state index contributed by atoms with van der Waals surface area (Å²) in [6.45, 7) is 7.12. The summed E-state index contributed by atoms with van der Waals surface area (Å²) in [4.78, 5) is 10.1. The molecule has 0 amide bonds. The first-order chi connectivity index (χ1) is 29.4. The van der Waals surface area contributed by atoms with Crippen LogP contribution in [0.3, 0.4) is 0 Å². The Morgan fingerprint density at radius 1 is 0.500 bits per heavy atom. The van der Waals surface area contributed by atoms with E-state index in [1.54, 1.807) is 0 Å². The Hall–Kier alpha value is -7.30. The van der Waals surface area contributed by atoms with Crippen LogP contribution in [0.25, 0.3) is 88.6 Å². The molecule has 1 unspecified atom stereocenters. The third-order valence-electron chi connectivity index (χ3n) is 13.3. The van der Waals surface area contributed by atoms with Gasteiger partial charge in [0.25, 0.3) is 0 Å². The van der Waals surface area contributed by atoms with Crippen molar-refractivity contribution in [2.75, 3.05) is 0 Å². The predicted octanol–water partition coefficient (Wildman–Crippen LogP) is 14.2. The zero-order chi connectivity index (χ0) is 40.1. The quantitative estimate of drug-likeness (QED) is 0.175. The molecule has 12 rings (SSSR count). The van der Waals surface area contributed by atoms with Crippen molar-refractivity contribution in [3.8, 4) is 33.9 Å². The SMILES string of the molecule is CC1CC2=C(C=C1c1ccccc1)C(C)(C)c1cc(-c3cnc(-n4c5ccccc5c5cc(-c6ccc7c(c6)c6ccccc6n7-c6ccccc6)ccc54)nc3)ccc12. The summed E-state index contributed by atoms with van der Waals surface area (Å²) >= 11 is 0. The molecule has 0 N–H and O–H groups in total. The maximum atomic E-state index is 5.05. The van der Waals surface area contributed by atoms with Gasteiger partial charge in [-0.2, -0.15) is 0 Å². The van der Waals surface area contributed by atoms with Crippen LogP contribution in [0, 0.1) is 5.92 Å². The highest BCUT2D eigenvalue weighted by atomic mass is 15.1. The number of fused-ring (bicyclic) bond motifs is 8. The minimum Gasteiger partial charge on any atom is -0.309 e. The highest BCUT2D eigenvalue weighted by molar-refractivity contribution is 6.12. The number of benzene rings is 7. The molecule has 286 valence electrons. The van der Waals surface area contributed by atoms with Crippen molar-refractivity contribution in [3.63, 3.8) is 0 Å². The van der Waals surface area contributed by atoms with Crippen LogP contribution in [0.1, 0.15) is 43.9 Å². The Kier molecular flexibility index (Phi) is 7.58. The fourth-order valence-electron chi connectivity index (χ4n) is 10.3. The van der Waals surface area contributed by atoms with E-state index in [-0.39, 0.29) is 5.41 Å². The number of hydrogen-bond acceptors (Lipinski definition) is 2. The molecule has 60 heavy (non-hydrogen) atoms. The second-order valence-electron chi connectivity index (χ2n) is 17.1. The minimum atomic E-state index is -0.101. The molecule has 0 aliphatic heterocycles. The van der Waals surface area contributed by atoms with Gasteiger partial charge in [-0.15, -0.1) is 0 Å². The molecule has 4 heteroatoms. The number of para-hydroxylation sites is 3. The van der Waals surface area contributed by atoms with Crippen molar-refractivity contribution in [3.05, 3.63) is 205 Å². The molecular formula is C56H42N4. The molecule has 2 aliphatic carbocycles. The summed E-state index contributed by atoms with van der Waals surface area (Å²) in [7, 11) is 0. The van der Waals surface area contributed by atoms with E-state index in [1.165, 1.54) is 77.1 Å². The molecule has 2 aliphatic rings. The fraction of sp³-hybridized carbons (Fsp3) is 0.107. The number of nitrogens with zero attached hydrogens (tertiary/aromatic N) is 4. The van der Waals surface area contributed by atoms with E-state index in [2.05, 4.69) is 200 Å². The lowest BCUT2D eigenvalue weighted by Crippen LogP contribution is -2.18. The molecule has 0 radical (unpaired) electrons. The average molecular weight is 771 g/mol. The highest BCUT2D eigenvalue weighted by Crippen LogP contribution is 2.54. The first-order valence-corrected chi connectivity index (χ1v) is 21.0. The van der Waals surface area contributed by atoms with E-state index >= 15 is 0 Å². The number of allylic oxidation sites excluding steroid dienone is 4. The van der Waals surface area contributed by atoms with E-state index < -0.39 is 0 Å². The van der Waals surface area contributed by atoms with Crippen LogP contribution < -0.4 is 0 Å². The molecule has 0 saturated carbocycles. The Morgan fingerprint density at radius 2 is 1.03 bits per heavy atom. The van der Waals surface area contributed by atoms with Gasteiger partial charge >= 0.3 is 0 Å². The van der Waals surface area contributed by atoms with Crippen molar-refractivity contribution in [2.24, 2.45) is 5.92 Å². The lowest BCUT2D eigenvalue weighted by Gasteiger charge is -2.28. The van der Waals surface area contributed by atoms with Crippen LogP contribution in [0.2, 0.25) is 0 Å². The minimum absolute atomic E-state index is 0.101. The molecule has 3 aromatic heterocycles. The van der Waals surface area contributed by atoms with Gasteiger partial charge in [0.05, 0.1) is 22.1 Å². The fourth-order valence-corrected chi connectivity index (χ4v) is 10.3. The van der Waals surface area contributed by atoms with E-state index in [4.69, 9.17) is 9.97 Å². The summed E-state index contributed by atoms with van der Waals surface area (Å²) in [5.74, 6) is 1.13. The molecule has 4 nitrogen and oxygen atoms in total. The van der Waals surface area contributed by atoms with Gasteiger partial charge in [-0.1, -0.05) is 136 Å². The van der Waals surface area contributed by atoms with Crippen molar-refractivity contribution < 1.29 is 0 Å². The summed E-state index contributed by atoms with van der Waals surface area (Å²) < 4.78 is 4.57. The summed E-state index contributed by atoms with van der Waals surface area (Å²) in [5.41, 5.74) is 18.6. The van der Waals surface area contributed by atoms with Crippen LogP contribution in [-0.2, 0) is 5.41 Å². The van der Waals surface area contributed by atoms with Crippen LogP contribution >= 0.6 is 0 Å². The van der Waals surface area contributed by atoms with Gasteiger partial charge in [0, 0.05) is 50.6 Å². The third kappa shape index (κ3) is 5.17. The number of hydrogen-bond donors (Lipinski definition) is 0. The van der Waals surface area contributed by atoms with Gasteiger partial charge < -0.3 is 4.57 Å². The molecule has 0 fully saturated rings. The molecule has 7 aromatic carbocycles. The van der Waals surface area contributed by atoms with Crippen molar-refractivity contribution >= 4 is 54.8 Å². The van der Waals surface area contributed by atoms with Crippen LogP contribution in [0.4, 0.5) is 0 Å². The van der Waals surface area contributed by atoms with Gasteiger partial charge in [-0.25, -0.2) is 9.97 Å². The predicted molar refractivity (Wildman–Crippen MR) is 250 cm³/mol. The average Bonchev–Trinajstić information content (AvgIpc) is 3.88. The summed E-state index contributed by atoms with van der Waals surface area (Å²) in [5, 5.41) is 4.85. The number of aromatic nitrogens is 4. The maximum absolute atomic E-state index is 5.05. The van der Waals surface area contributed by atoms with Crippen molar-refractivity contribution in [1.29, 1.82) is 0 Å². The maximum Gasteiger partial charge on any atom is 0.234 e. The first-order valence-electron chi connectivity index (χ1n) is 21.0. The zero-order valence-corrected chi connectivity index (χ0v) is 33.9. The summed E-state index contributed by atoms with van der Waals surface area (Å²) in [6.07, 6.45) is 7.52. The van der Waals surface area contributed by atoms with Crippen molar-refractivity contribution in [1.82, 2.24) is 19.1 Å². The number of rotatable bonds is 5. The first kappa shape index (κ1) is 34.7. The molecule has 3 heterocycles. The van der Waals surface area contributed by atoms with Crippen LogP contribution in [0.15, 0.2) is 188 Å². The summed E-state index contributed by atoms with van der Waals surface area (Å²) in [6, 6.07) is 59.5. The van der Waals surface area contributed by atoms with E-state index in [9.17, 15) is 0 Å². The monoisotopic (exact) mass is 770 g/mol. The molecule has 1 atom stereocenters. The topological polar surface area (TPSA) is 35.6 Å². The highest BCUT2D eigenvalue weighted by Gasteiger charge is 2.39. The Balaban J connectivity index is 0.902. The second-order valence-corrected chi connectivity index (χ2v) is 17.1. The molecule has 10 aromatic rings. The Labute approximate surface area is 349 Å². The van der Waals surface area contributed by atoms with Gasteiger partial charge in [0.2, 0.25) is 5.95 Å². The second kappa shape index (κ2) is 13.1. The smallest absolute Gasteiger partial charge is 0.234 e. The normalized spacial score (nSPS) is 15.8. The van der Waals surface area contributed by atoms with E-state index in [0.29, 0.717) is 11.9 Å². The van der Waals surface area contributed by atoms with Gasteiger partial charge in [0.15, 0.2) is 0 Å². The van der Waals surface area contributed by atoms with Crippen LogP contribution in [0.5, 0.6) is 0 Å². The Morgan fingerprint density at radius 3 is 1.70 bits per heavy atom. The van der Waals surface area contributed by atoms with Gasteiger partial charge in [-0.05, 0) is 117 Å². The molecular weight excluding hydrogens is 729 g/mol.